The Morgan fingerprint density at radius 3 is 2.71 bits per heavy atom. The molecule has 0 saturated heterocycles. The maximum atomic E-state index is 11.6. The van der Waals surface area contributed by atoms with Crippen LogP contribution in [0.25, 0.3) is 0 Å². The molecule has 1 unspecified atom stereocenters. The molecule has 4 N–H and O–H groups in total. The Bertz CT molecular complexity index is 503. The SMILES string of the molecule is CCc1cccnc1CNC(=O)NCC(C)(O)CC(=O)O. The van der Waals surface area contributed by atoms with E-state index in [2.05, 4.69) is 15.6 Å². The third kappa shape index (κ3) is 6.22. The van der Waals surface area contributed by atoms with Crippen LogP contribution in [0.5, 0.6) is 0 Å². The summed E-state index contributed by atoms with van der Waals surface area (Å²) >= 11 is 0. The van der Waals surface area contributed by atoms with Crippen molar-refractivity contribution >= 4 is 12.0 Å². The monoisotopic (exact) mass is 295 g/mol. The smallest absolute Gasteiger partial charge is 0.315 e. The van der Waals surface area contributed by atoms with Gasteiger partial charge in [-0.3, -0.25) is 9.78 Å². The molecule has 1 atom stereocenters. The Hall–Kier alpha value is -2.15. The van der Waals surface area contributed by atoms with E-state index in [0.717, 1.165) is 17.7 Å². The normalized spacial score (nSPS) is 13.3. The number of nitrogens with one attached hydrogen (secondary N) is 2. The van der Waals surface area contributed by atoms with E-state index in [9.17, 15) is 14.7 Å². The van der Waals surface area contributed by atoms with Gasteiger partial charge in [0, 0.05) is 12.7 Å². The first-order valence-corrected chi connectivity index (χ1v) is 6.72. The summed E-state index contributed by atoms with van der Waals surface area (Å²) < 4.78 is 0. The molecule has 0 spiro atoms. The summed E-state index contributed by atoms with van der Waals surface area (Å²) in [4.78, 5) is 26.4. The van der Waals surface area contributed by atoms with Crippen LogP contribution in [-0.4, -0.2) is 39.3 Å². The highest BCUT2D eigenvalue weighted by molar-refractivity contribution is 5.74. The molecule has 0 fully saturated rings. The zero-order valence-electron chi connectivity index (χ0n) is 12.2. The first kappa shape index (κ1) is 16.9. The van der Waals surface area contributed by atoms with E-state index in [1.54, 1.807) is 6.20 Å². The summed E-state index contributed by atoms with van der Waals surface area (Å²) in [6.07, 6.45) is 2.04. The molecule has 0 aromatic carbocycles. The van der Waals surface area contributed by atoms with Crippen molar-refractivity contribution in [1.29, 1.82) is 0 Å². The van der Waals surface area contributed by atoms with Gasteiger partial charge < -0.3 is 20.8 Å². The minimum Gasteiger partial charge on any atom is -0.481 e. The molecule has 2 amide bonds. The number of nitrogens with zero attached hydrogens (tertiary/aromatic N) is 1. The molecule has 0 aliphatic carbocycles. The molecule has 1 aromatic rings. The van der Waals surface area contributed by atoms with Crippen molar-refractivity contribution in [3.8, 4) is 0 Å². The van der Waals surface area contributed by atoms with Crippen LogP contribution in [0.2, 0.25) is 0 Å². The van der Waals surface area contributed by atoms with Crippen molar-refractivity contribution < 1.29 is 19.8 Å². The Kier molecular flexibility index (Phi) is 6.10. The molecule has 0 aliphatic rings. The van der Waals surface area contributed by atoms with E-state index in [0.29, 0.717) is 0 Å². The lowest BCUT2D eigenvalue weighted by Gasteiger charge is -2.21. The highest BCUT2D eigenvalue weighted by atomic mass is 16.4. The second kappa shape index (κ2) is 7.58. The lowest BCUT2D eigenvalue weighted by atomic mass is 10.0. The summed E-state index contributed by atoms with van der Waals surface area (Å²) in [6.45, 7) is 3.49. The molecule has 0 aliphatic heterocycles. The fourth-order valence-corrected chi connectivity index (χ4v) is 1.84. The number of carbonyl (C=O) groups excluding carboxylic acids is 1. The Balaban J connectivity index is 2.42. The average molecular weight is 295 g/mol. The second-order valence-corrected chi connectivity index (χ2v) is 5.07. The summed E-state index contributed by atoms with van der Waals surface area (Å²) in [5.74, 6) is -1.12. The molecule has 7 heteroatoms. The van der Waals surface area contributed by atoms with Gasteiger partial charge in [0.05, 0.1) is 24.3 Å². The Morgan fingerprint density at radius 1 is 1.38 bits per heavy atom. The number of hydrogen-bond acceptors (Lipinski definition) is 4. The molecule has 0 bridgehead atoms. The van der Waals surface area contributed by atoms with Gasteiger partial charge in [0.15, 0.2) is 0 Å². The summed E-state index contributed by atoms with van der Waals surface area (Å²) in [6, 6.07) is 3.30. The first-order chi connectivity index (χ1) is 9.84. The molecule has 1 heterocycles. The van der Waals surface area contributed by atoms with Gasteiger partial charge in [-0.15, -0.1) is 0 Å². The van der Waals surface area contributed by atoms with Crippen LogP contribution in [-0.2, 0) is 17.8 Å². The van der Waals surface area contributed by atoms with Gasteiger partial charge in [-0.05, 0) is 25.0 Å². The molecule has 0 saturated carbocycles. The van der Waals surface area contributed by atoms with E-state index in [1.807, 2.05) is 19.1 Å². The van der Waals surface area contributed by atoms with Crippen LogP contribution in [0, 0.1) is 0 Å². The number of urea groups is 1. The fourth-order valence-electron chi connectivity index (χ4n) is 1.84. The zero-order valence-corrected chi connectivity index (χ0v) is 12.2. The van der Waals surface area contributed by atoms with Gasteiger partial charge in [0.25, 0.3) is 0 Å². The van der Waals surface area contributed by atoms with Crippen LogP contribution >= 0.6 is 0 Å². The molecule has 1 aromatic heterocycles. The van der Waals surface area contributed by atoms with Gasteiger partial charge in [0.2, 0.25) is 0 Å². The second-order valence-electron chi connectivity index (χ2n) is 5.07. The van der Waals surface area contributed by atoms with Crippen LogP contribution in [0.3, 0.4) is 0 Å². The Labute approximate surface area is 123 Å². The van der Waals surface area contributed by atoms with Crippen LogP contribution in [0.15, 0.2) is 18.3 Å². The summed E-state index contributed by atoms with van der Waals surface area (Å²) in [5, 5.41) is 23.5. The lowest BCUT2D eigenvalue weighted by molar-refractivity contribution is -0.141. The molecule has 0 radical (unpaired) electrons. The van der Waals surface area contributed by atoms with E-state index in [1.165, 1.54) is 6.92 Å². The maximum absolute atomic E-state index is 11.6. The molecule has 21 heavy (non-hydrogen) atoms. The quantitative estimate of drug-likeness (QED) is 0.591. The van der Waals surface area contributed by atoms with Gasteiger partial charge in [-0.25, -0.2) is 4.79 Å². The Morgan fingerprint density at radius 2 is 2.10 bits per heavy atom. The number of pyridine rings is 1. The number of rotatable bonds is 7. The average Bonchev–Trinajstić information content (AvgIpc) is 2.42. The van der Waals surface area contributed by atoms with E-state index < -0.39 is 24.0 Å². The predicted octanol–water partition coefficient (Wildman–Crippen LogP) is 0.669. The number of aliphatic carboxylic acids is 1. The molecule has 7 nitrogen and oxygen atoms in total. The van der Waals surface area contributed by atoms with Crippen molar-refractivity contribution in [2.75, 3.05) is 6.54 Å². The number of carbonyl (C=O) groups is 2. The maximum Gasteiger partial charge on any atom is 0.315 e. The summed E-state index contributed by atoms with van der Waals surface area (Å²) in [7, 11) is 0. The highest BCUT2D eigenvalue weighted by Gasteiger charge is 2.24. The van der Waals surface area contributed by atoms with Gasteiger partial charge in [-0.1, -0.05) is 13.0 Å². The van der Waals surface area contributed by atoms with Crippen LogP contribution in [0.1, 0.15) is 31.5 Å². The molecular formula is C14H21N3O4. The number of hydrogen-bond donors (Lipinski definition) is 4. The van der Waals surface area contributed by atoms with Crippen LogP contribution in [0.4, 0.5) is 4.79 Å². The number of carboxylic acids is 1. The first-order valence-electron chi connectivity index (χ1n) is 6.72. The summed E-state index contributed by atoms with van der Waals surface area (Å²) in [5.41, 5.74) is 0.353. The molecule has 116 valence electrons. The van der Waals surface area contributed by atoms with Crippen LogP contribution < -0.4 is 10.6 Å². The number of aromatic nitrogens is 1. The van der Waals surface area contributed by atoms with E-state index in [4.69, 9.17) is 5.11 Å². The number of aryl methyl sites for hydroxylation is 1. The van der Waals surface area contributed by atoms with Crippen molar-refractivity contribution in [3.05, 3.63) is 29.6 Å². The predicted molar refractivity (Wildman–Crippen MR) is 76.7 cm³/mol. The number of carboxylic acid groups (broad SMARTS) is 1. The fraction of sp³-hybridized carbons (Fsp3) is 0.500. The van der Waals surface area contributed by atoms with Crippen molar-refractivity contribution in [3.63, 3.8) is 0 Å². The van der Waals surface area contributed by atoms with E-state index >= 15 is 0 Å². The van der Waals surface area contributed by atoms with Crippen molar-refractivity contribution in [2.24, 2.45) is 0 Å². The van der Waals surface area contributed by atoms with Gasteiger partial charge in [-0.2, -0.15) is 0 Å². The number of aliphatic hydroxyl groups is 1. The van der Waals surface area contributed by atoms with Gasteiger partial charge >= 0.3 is 12.0 Å². The zero-order chi connectivity index (χ0) is 15.9. The number of amides is 2. The van der Waals surface area contributed by atoms with E-state index in [-0.39, 0.29) is 13.1 Å². The standard InChI is InChI=1S/C14H21N3O4/c1-3-10-5-4-6-15-11(10)8-16-13(20)17-9-14(2,21)7-12(18)19/h4-6,21H,3,7-9H2,1-2H3,(H,18,19)(H2,16,17,20). The third-order valence-corrected chi connectivity index (χ3v) is 2.94. The third-order valence-electron chi connectivity index (χ3n) is 2.94. The largest absolute Gasteiger partial charge is 0.481 e. The van der Waals surface area contributed by atoms with Crippen molar-refractivity contribution in [1.82, 2.24) is 15.6 Å². The van der Waals surface area contributed by atoms with Gasteiger partial charge in [0.1, 0.15) is 0 Å². The van der Waals surface area contributed by atoms with Crippen molar-refractivity contribution in [2.45, 2.75) is 38.8 Å². The minimum absolute atomic E-state index is 0.145. The molecule has 1 rings (SSSR count). The topological polar surface area (TPSA) is 112 Å². The lowest BCUT2D eigenvalue weighted by Crippen LogP contribution is -2.45. The molecular weight excluding hydrogens is 274 g/mol. The minimum atomic E-state index is -1.48. The highest BCUT2D eigenvalue weighted by Crippen LogP contribution is 2.07.